The summed E-state index contributed by atoms with van der Waals surface area (Å²) in [7, 11) is -2.81. The molecule has 0 bridgehead atoms. The van der Waals surface area contributed by atoms with E-state index in [0.29, 0.717) is 23.0 Å². The summed E-state index contributed by atoms with van der Waals surface area (Å²) >= 11 is 0. The van der Waals surface area contributed by atoms with Gasteiger partial charge in [0.25, 0.3) is 0 Å². The molecule has 4 heterocycles. The Morgan fingerprint density at radius 3 is 2.71 bits per heavy atom. The van der Waals surface area contributed by atoms with Gasteiger partial charge in [0.2, 0.25) is 5.76 Å². The minimum absolute atomic E-state index is 0.203. The van der Waals surface area contributed by atoms with Crippen molar-refractivity contribution in [2.24, 2.45) is 0 Å². The van der Waals surface area contributed by atoms with Crippen LogP contribution in [0.2, 0.25) is 0 Å². The second kappa shape index (κ2) is 6.34. The molecule has 4 rings (SSSR count). The lowest BCUT2D eigenvalue weighted by molar-refractivity contribution is 0.0985. The number of piperazine rings is 1. The van der Waals surface area contributed by atoms with Crippen LogP contribution in [0.15, 0.2) is 33.4 Å². The number of aromatic nitrogens is 1. The molecule has 7 nitrogen and oxygen atoms in total. The minimum atomic E-state index is -2.81. The molecular formula is C16H21N3O4S. The van der Waals surface area contributed by atoms with Crippen molar-refractivity contribution < 1.29 is 17.4 Å². The second-order valence-corrected chi connectivity index (χ2v) is 8.76. The quantitative estimate of drug-likeness (QED) is 0.820. The molecule has 0 spiro atoms. The largest absolute Gasteiger partial charge is 0.461 e. The molecule has 2 aliphatic heterocycles. The molecule has 2 fully saturated rings. The Morgan fingerprint density at radius 1 is 1.21 bits per heavy atom. The average Bonchev–Trinajstić information content (AvgIpc) is 3.28. The van der Waals surface area contributed by atoms with Crippen molar-refractivity contribution in [2.45, 2.75) is 19.0 Å². The molecule has 24 heavy (non-hydrogen) atoms. The van der Waals surface area contributed by atoms with Gasteiger partial charge in [-0.05, 0) is 18.6 Å². The summed E-state index contributed by atoms with van der Waals surface area (Å²) in [5, 5.41) is 4.11. The highest BCUT2D eigenvalue weighted by Gasteiger charge is 2.33. The third-order valence-electron chi connectivity index (χ3n) is 4.84. The van der Waals surface area contributed by atoms with Gasteiger partial charge >= 0.3 is 0 Å². The highest BCUT2D eigenvalue weighted by molar-refractivity contribution is 7.91. The summed E-state index contributed by atoms with van der Waals surface area (Å²) in [6.07, 6.45) is 2.39. The lowest BCUT2D eigenvalue weighted by atomic mass is 10.2. The number of sulfone groups is 1. The molecule has 0 N–H and O–H groups in total. The normalized spacial score (nSPS) is 25.2. The molecular weight excluding hydrogens is 330 g/mol. The maximum absolute atomic E-state index is 11.6. The molecule has 2 aromatic rings. The number of hydrogen-bond donors (Lipinski definition) is 0. The van der Waals surface area contributed by atoms with Gasteiger partial charge in [-0.3, -0.25) is 9.80 Å². The van der Waals surface area contributed by atoms with Crippen molar-refractivity contribution in [3.8, 4) is 11.5 Å². The lowest BCUT2D eigenvalue weighted by Crippen LogP contribution is -2.50. The fraction of sp³-hybridized carbons (Fsp3) is 0.562. The fourth-order valence-corrected chi connectivity index (χ4v) is 5.26. The monoisotopic (exact) mass is 351 g/mol. The third kappa shape index (κ3) is 3.40. The van der Waals surface area contributed by atoms with Gasteiger partial charge in [0.1, 0.15) is 0 Å². The molecule has 2 saturated heterocycles. The molecule has 2 aromatic heterocycles. The number of rotatable bonds is 4. The number of furan rings is 1. The molecule has 0 unspecified atom stereocenters. The highest BCUT2D eigenvalue weighted by Crippen LogP contribution is 2.22. The summed E-state index contributed by atoms with van der Waals surface area (Å²) in [4.78, 5) is 4.64. The van der Waals surface area contributed by atoms with Crippen LogP contribution in [0, 0.1) is 0 Å². The molecule has 0 aromatic carbocycles. The van der Waals surface area contributed by atoms with E-state index in [-0.39, 0.29) is 6.04 Å². The molecule has 0 aliphatic carbocycles. The maximum atomic E-state index is 11.6. The zero-order valence-electron chi connectivity index (χ0n) is 13.4. The van der Waals surface area contributed by atoms with Crippen molar-refractivity contribution in [1.82, 2.24) is 15.0 Å². The molecule has 2 aliphatic rings. The fourth-order valence-electron chi connectivity index (χ4n) is 3.50. The van der Waals surface area contributed by atoms with Gasteiger partial charge in [0.15, 0.2) is 15.6 Å². The first kappa shape index (κ1) is 15.9. The van der Waals surface area contributed by atoms with Gasteiger partial charge in [-0.15, -0.1) is 0 Å². The van der Waals surface area contributed by atoms with E-state index < -0.39 is 9.84 Å². The Labute approximate surface area is 141 Å². The topological polar surface area (TPSA) is 79.8 Å². The lowest BCUT2D eigenvalue weighted by Gasteiger charge is -2.37. The Kier molecular flexibility index (Phi) is 4.19. The first-order chi connectivity index (χ1) is 11.6. The smallest absolute Gasteiger partial charge is 0.202 e. The van der Waals surface area contributed by atoms with Crippen LogP contribution in [-0.2, 0) is 16.4 Å². The van der Waals surface area contributed by atoms with Gasteiger partial charge in [0, 0.05) is 44.8 Å². The van der Waals surface area contributed by atoms with E-state index in [2.05, 4.69) is 15.0 Å². The second-order valence-electron chi connectivity index (χ2n) is 6.53. The van der Waals surface area contributed by atoms with E-state index in [4.69, 9.17) is 8.94 Å². The Bertz CT molecular complexity index is 776. The number of hydrogen-bond acceptors (Lipinski definition) is 7. The summed E-state index contributed by atoms with van der Waals surface area (Å²) in [6, 6.07) is 5.78. The van der Waals surface area contributed by atoms with Crippen LogP contribution in [0.3, 0.4) is 0 Å². The van der Waals surface area contributed by atoms with E-state index in [1.165, 1.54) is 0 Å². The third-order valence-corrected chi connectivity index (χ3v) is 6.59. The predicted octanol–water partition coefficient (Wildman–Crippen LogP) is 1.24. The van der Waals surface area contributed by atoms with E-state index >= 15 is 0 Å². The van der Waals surface area contributed by atoms with Crippen LogP contribution in [0.25, 0.3) is 11.5 Å². The SMILES string of the molecule is O=S1(=O)CC[C@@H](N2CCN(Cc3cc(-c4ccco4)on3)CC2)C1. The summed E-state index contributed by atoms with van der Waals surface area (Å²) in [6.45, 7) is 4.38. The van der Waals surface area contributed by atoms with Gasteiger partial charge < -0.3 is 8.94 Å². The van der Waals surface area contributed by atoms with E-state index in [9.17, 15) is 8.42 Å². The van der Waals surface area contributed by atoms with Crippen LogP contribution in [-0.4, -0.2) is 67.1 Å². The zero-order chi connectivity index (χ0) is 16.6. The highest BCUT2D eigenvalue weighted by atomic mass is 32.2. The summed E-state index contributed by atoms with van der Waals surface area (Å²) in [5.41, 5.74) is 0.887. The number of nitrogens with zero attached hydrogens (tertiary/aromatic N) is 3. The van der Waals surface area contributed by atoms with Crippen LogP contribution >= 0.6 is 0 Å². The van der Waals surface area contributed by atoms with Gasteiger partial charge in [-0.1, -0.05) is 5.16 Å². The van der Waals surface area contributed by atoms with Crippen molar-refractivity contribution in [3.05, 3.63) is 30.2 Å². The predicted molar refractivity (Wildman–Crippen MR) is 88.1 cm³/mol. The standard InChI is InChI=1S/C16H21N3O4S/c20-24(21)9-3-14(12-24)19-6-4-18(5-7-19)11-13-10-16(23-17-13)15-2-1-8-22-15/h1-2,8,10,14H,3-7,9,11-12H2/t14-/m1/s1. The van der Waals surface area contributed by atoms with Crippen LogP contribution in [0.1, 0.15) is 12.1 Å². The zero-order valence-corrected chi connectivity index (χ0v) is 14.2. The summed E-state index contributed by atoms with van der Waals surface area (Å²) < 4.78 is 33.9. The first-order valence-corrected chi connectivity index (χ1v) is 10.1. The molecule has 8 heteroatoms. The van der Waals surface area contributed by atoms with Gasteiger partial charge in [0.05, 0.1) is 23.5 Å². The molecule has 0 saturated carbocycles. The first-order valence-electron chi connectivity index (χ1n) is 8.25. The molecule has 0 amide bonds. The van der Waals surface area contributed by atoms with Gasteiger partial charge in [-0.2, -0.15) is 0 Å². The molecule has 0 radical (unpaired) electrons. The van der Waals surface area contributed by atoms with E-state index in [0.717, 1.165) is 44.8 Å². The Hall–Kier alpha value is -1.64. The van der Waals surface area contributed by atoms with Crippen LogP contribution < -0.4 is 0 Å². The van der Waals surface area contributed by atoms with E-state index in [1.54, 1.807) is 6.26 Å². The maximum Gasteiger partial charge on any atom is 0.202 e. The van der Waals surface area contributed by atoms with Crippen molar-refractivity contribution in [1.29, 1.82) is 0 Å². The van der Waals surface area contributed by atoms with Crippen molar-refractivity contribution in [3.63, 3.8) is 0 Å². The van der Waals surface area contributed by atoms with Gasteiger partial charge in [-0.25, -0.2) is 8.42 Å². The Morgan fingerprint density at radius 2 is 2.04 bits per heavy atom. The molecule has 130 valence electrons. The van der Waals surface area contributed by atoms with Crippen LogP contribution in [0.4, 0.5) is 0 Å². The average molecular weight is 351 g/mol. The van der Waals surface area contributed by atoms with Crippen LogP contribution in [0.5, 0.6) is 0 Å². The van der Waals surface area contributed by atoms with E-state index in [1.807, 2.05) is 18.2 Å². The van der Waals surface area contributed by atoms with Crippen molar-refractivity contribution >= 4 is 9.84 Å². The Balaban J connectivity index is 1.31. The molecule has 1 atom stereocenters. The minimum Gasteiger partial charge on any atom is -0.461 e. The summed E-state index contributed by atoms with van der Waals surface area (Å²) in [5.74, 6) is 1.99. The van der Waals surface area contributed by atoms with Crippen molar-refractivity contribution in [2.75, 3.05) is 37.7 Å².